The highest BCUT2D eigenvalue weighted by molar-refractivity contribution is 7.80. The van der Waals surface area contributed by atoms with Gasteiger partial charge in [-0.05, 0) is 30.3 Å². The van der Waals surface area contributed by atoms with Gasteiger partial charge in [0.2, 0.25) is 0 Å². The van der Waals surface area contributed by atoms with Gasteiger partial charge in [-0.15, -0.1) is 0 Å². The molecule has 1 amide bonds. The first-order valence-electron chi connectivity index (χ1n) is 5.37. The van der Waals surface area contributed by atoms with Crippen molar-refractivity contribution in [1.29, 1.82) is 0 Å². The van der Waals surface area contributed by atoms with Crippen LogP contribution in [0.3, 0.4) is 0 Å². The molecule has 0 heterocycles. The van der Waals surface area contributed by atoms with Gasteiger partial charge in [-0.1, -0.05) is 32.0 Å². The molecule has 0 spiro atoms. The summed E-state index contributed by atoms with van der Waals surface area (Å²) in [7, 11) is 0. The third kappa shape index (κ3) is 5.87. The Labute approximate surface area is 106 Å². The van der Waals surface area contributed by atoms with Crippen molar-refractivity contribution >= 4 is 29.1 Å². The van der Waals surface area contributed by atoms with Crippen molar-refractivity contribution in [3.05, 3.63) is 30.3 Å². The molecule has 5 heteroatoms. The van der Waals surface area contributed by atoms with Crippen molar-refractivity contribution in [1.82, 2.24) is 5.32 Å². The fourth-order valence-corrected chi connectivity index (χ4v) is 1.26. The summed E-state index contributed by atoms with van der Waals surface area (Å²) in [5.41, 5.74) is 0.821. The zero-order valence-corrected chi connectivity index (χ0v) is 10.7. The smallest absolute Gasteiger partial charge is 0.413 e. The van der Waals surface area contributed by atoms with Crippen molar-refractivity contribution < 1.29 is 9.53 Å². The number of rotatable bonds is 3. The molecule has 0 fully saturated rings. The fraction of sp³-hybridized carbons (Fsp3) is 0.333. The summed E-state index contributed by atoms with van der Waals surface area (Å²) in [5.74, 6) is 0.302. The third-order valence-corrected chi connectivity index (χ3v) is 2.00. The molecule has 0 aliphatic carbocycles. The number of benzene rings is 1. The van der Waals surface area contributed by atoms with Gasteiger partial charge in [-0.25, -0.2) is 4.79 Å². The van der Waals surface area contributed by atoms with Gasteiger partial charge in [0.1, 0.15) is 0 Å². The normalized spacial score (nSPS) is 9.82. The van der Waals surface area contributed by atoms with Crippen LogP contribution in [0.4, 0.5) is 10.5 Å². The Morgan fingerprint density at radius 1 is 1.35 bits per heavy atom. The fourth-order valence-electron chi connectivity index (χ4n) is 1.05. The average molecular weight is 252 g/mol. The minimum Gasteiger partial charge on any atom is -0.449 e. The number of para-hydroxylation sites is 1. The van der Waals surface area contributed by atoms with E-state index in [0.717, 1.165) is 5.69 Å². The lowest BCUT2D eigenvalue weighted by Gasteiger charge is -2.10. The van der Waals surface area contributed by atoms with Gasteiger partial charge in [-0.3, -0.25) is 5.32 Å². The lowest BCUT2D eigenvalue weighted by Crippen LogP contribution is -2.35. The van der Waals surface area contributed by atoms with Crippen molar-refractivity contribution in [3.8, 4) is 0 Å². The van der Waals surface area contributed by atoms with E-state index in [-0.39, 0.29) is 5.11 Å². The molecule has 4 nitrogen and oxygen atoms in total. The van der Waals surface area contributed by atoms with E-state index in [4.69, 9.17) is 17.0 Å². The maximum atomic E-state index is 11.3. The second-order valence-electron chi connectivity index (χ2n) is 3.94. The van der Waals surface area contributed by atoms with Crippen molar-refractivity contribution in [2.45, 2.75) is 13.8 Å². The molecule has 1 aromatic carbocycles. The standard InChI is InChI=1S/C12H16N2O2S/c1-9(2)8-16-12(15)14-11(17)13-10-6-4-3-5-7-10/h3-7,9H,8H2,1-2H3,(H2,13,14,15,17). The average Bonchev–Trinajstić information content (AvgIpc) is 2.27. The highest BCUT2D eigenvalue weighted by Gasteiger charge is 2.06. The highest BCUT2D eigenvalue weighted by atomic mass is 32.1. The van der Waals surface area contributed by atoms with Crippen LogP contribution in [0.2, 0.25) is 0 Å². The molecule has 0 unspecified atom stereocenters. The summed E-state index contributed by atoms with van der Waals surface area (Å²) >= 11 is 4.97. The SMILES string of the molecule is CC(C)COC(=O)NC(=S)Nc1ccccc1. The number of hydrogen-bond acceptors (Lipinski definition) is 3. The van der Waals surface area contributed by atoms with Gasteiger partial charge in [-0.2, -0.15) is 0 Å². The van der Waals surface area contributed by atoms with Crippen LogP contribution in [0.5, 0.6) is 0 Å². The van der Waals surface area contributed by atoms with Crippen molar-refractivity contribution in [2.24, 2.45) is 5.92 Å². The van der Waals surface area contributed by atoms with Crippen LogP contribution in [0, 0.1) is 5.92 Å². The summed E-state index contributed by atoms with van der Waals surface area (Å²) in [4.78, 5) is 11.3. The number of anilines is 1. The van der Waals surface area contributed by atoms with Gasteiger partial charge in [0.15, 0.2) is 5.11 Å². The summed E-state index contributed by atoms with van der Waals surface area (Å²) in [6, 6.07) is 9.36. The number of ether oxygens (including phenoxy) is 1. The van der Waals surface area contributed by atoms with Gasteiger partial charge < -0.3 is 10.1 Å². The van der Waals surface area contributed by atoms with E-state index >= 15 is 0 Å². The Hall–Kier alpha value is -1.62. The van der Waals surface area contributed by atoms with Gasteiger partial charge in [0, 0.05) is 5.69 Å². The first kappa shape index (κ1) is 13.4. The molecule has 1 rings (SSSR count). The van der Waals surface area contributed by atoms with E-state index < -0.39 is 6.09 Å². The number of hydrogen-bond donors (Lipinski definition) is 2. The molecule has 2 N–H and O–H groups in total. The zero-order chi connectivity index (χ0) is 12.7. The van der Waals surface area contributed by atoms with Gasteiger partial charge in [0.25, 0.3) is 0 Å². The van der Waals surface area contributed by atoms with E-state index in [1.165, 1.54) is 0 Å². The van der Waals surface area contributed by atoms with E-state index in [1.807, 2.05) is 44.2 Å². The number of alkyl carbamates (subject to hydrolysis) is 1. The Bertz CT molecular complexity index is 379. The summed E-state index contributed by atoms with van der Waals surface area (Å²) < 4.78 is 4.93. The topological polar surface area (TPSA) is 50.4 Å². The Balaban J connectivity index is 2.32. The Morgan fingerprint density at radius 3 is 2.59 bits per heavy atom. The van der Waals surface area contributed by atoms with Crippen LogP contribution in [0.15, 0.2) is 30.3 Å². The number of thiocarbonyl (C=S) groups is 1. The summed E-state index contributed by atoms with van der Waals surface area (Å²) in [6.07, 6.45) is -0.535. The second-order valence-corrected chi connectivity index (χ2v) is 4.35. The molecule has 0 radical (unpaired) electrons. The minimum atomic E-state index is -0.535. The largest absolute Gasteiger partial charge is 0.449 e. The quantitative estimate of drug-likeness (QED) is 0.812. The Kier molecular flexibility index (Phi) is 5.42. The van der Waals surface area contributed by atoms with E-state index in [1.54, 1.807) is 0 Å². The van der Waals surface area contributed by atoms with Crippen LogP contribution in [-0.4, -0.2) is 17.8 Å². The maximum Gasteiger partial charge on any atom is 0.413 e. The number of carbonyl (C=O) groups is 1. The number of carbonyl (C=O) groups excluding carboxylic acids is 1. The Morgan fingerprint density at radius 2 is 2.00 bits per heavy atom. The van der Waals surface area contributed by atoms with Crippen molar-refractivity contribution in [2.75, 3.05) is 11.9 Å². The molecule has 0 aliphatic rings. The lowest BCUT2D eigenvalue weighted by atomic mass is 10.2. The van der Waals surface area contributed by atoms with Crippen LogP contribution < -0.4 is 10.6 Å². The van der Waals surface area contributed by atoms with Crippen LogP contribution in [-0.2, 0) is 4.74 Å². The monoisotopic (exact) mass is 252 g/mol. The zero-order valence-electron chi connectivity index (χ0n) is 9.90. The lowest BCUT2D eigenvalue weighted by molar-refractivity contribution is 0.138. The summed E-state index contributed by atoms with van der Waals surface area (Å²) in [5, 5.41) is 5.55. The molecule has 92 valence electrons. The molecular formula is C12H16N2O2S. The van der Waals surface area contributed by atoms with Crippen LogP contribution >= 0.6 is 12.2 Å². The second kappa shape index (κ2) is 6.85. The molecule has 0 saturated carbocycles. The number of nitrogens with one attached hydrogen (secondary N) is 2. The summed E-state index contributed by atoms with van der Waals surface area (Å²) in [6.45, 7) is 4.31. The molecule has 0 aromatic heterocycles. The molecule has 0 atom stereocenters. The molecule has 0 saturated heterocycles. The van der Waals surface area contributed by atoms with E-state index in [9.17, 15) is 4.79 Å². The minimum absolute atomic E-state index is 0.227. The molecule has 1 aromatic rings. The van der Waals surface area contributed by atoms with E-state index in [2.05, 4.69) is 10.6 Å². The van der Waals surface area contributed by atoms with Crippen molar-refractivity contribution in [3.63, 3.8) is 0 Å². The third-order valence-electron chi connectivity index (χ3n) is 1.80. The van der Waals surface area contributed by atoms with Crippen LogP contribution in [0.25, 0.3) is 0 Å². The van der Waals surface area contributed by atoms with E-state index in [0.29, 0.717) is 12.5 Å². The predicted molar refractivity (Wildman–Crippen MR) is 72.0 cm³/mol. The predicted octanol–water partition coefficient (Wildman–Crippen LogP) is 2.77. The highest BCUT2D eigenvalue weighted by Crippen LogP contribution is 2.04. The molecular weight excluding hydrogens is 236 g/mol. The first-order valence-corrected chi connectivity index (χ1v) is 5.78. The maximum absolute atomic E-state index is 11.3. The van der Waals surface area contributed by atoms with Gasteiger partial charge >= 0.3 is 6.09 Å². The molecule has 0 aliphatic heterocycles. The van der Waals surface area contributed by atoms with Gasteiger partial charge in [0.05, 0.1) is 6.61 Å². The number of amides is 1. The molecule has 0 bridgehead atoms. The molecule has 17 heavy (non-hydrogen) atoms. The van der Waals surface area contributed by atoms with Crippen LogP contribution in [0.1, 0.15) is 13.8 Å². The first-order chi connectivity index (χ1) is 8.08.